The van der Waals surface area contributed by atoms with Gasteiger partial charge in [-0.05, 0) is 63.6 Å². The third-order valence-electron chi connectivity index (χ3n) is 6.08. The van der Waals surface area contributed by atoms with E-state index in [0.29, 0.717) is 5.92 Å². The predicted octanol–water partition coefficient (Wildman–Crippen LogP) is 5.33. The molecule has 2 heterocycles. The topological polar surface area (TPSA) is 49.0 Å². The standard InChI is InChI=1S/C25H29N3O/c1-16-5-8-20(9-6-16)21-11-13-28(14-12-21)25(29)23-15-22(10-7-17(23)2)24-18(3)26-19(4)27-24/h5-10,15,21H,11-14H2,1-4H3,(H,26,27). The number of likely N-dealkylation sites (tertiary alicyclic amines) is 1. The molecule has 1 amide bonds. The maximum Gasteiger partial charge on any atom is 0.254 e. The van der Waals surface area contributed by atoms with E-state index in [9.17, 15) is 4.79 Å². The van der Waals surface area contributed by atoms with Gasteiger partial charge in [0.2, 0.25) is 0 Å². The van der Waals surface area contributed by atoms with Crippen LogP contribution in [0.4, 0.5) is 0 Å². The number of carbonyl (C=O) groups is 1. The molecule has 1 aliphatic rings. The molecule has 1 fully saturated rings. The number of nitrogens with one attached hydrogen (secondary N) is 1. The van der Waals surface area contributed by atoms with Gasteiger partial charge in [0.1, 0.15) is 5.82 Å². The van der Waals surface area contributed by atoms with Crippen LogP contribution >= 0.6 is 0 Å². The van der Waals surface area contributed by atoms with Crippen molar-refractivity contribution in [2.24, 2.45) is 0 Å². The lowest BCUT2D eigenvalue weighted by molar-refractivity contribution is 0.0712. The van der Waals surface area contributed by atoms with Gasteiger partial charge in [-0.3, -0.25) is 4.79 Å². The molecule has 0 aliphatic carbocycles. The zero-order chi connectivity index (χ0) is 20.5. The van der Waals surface area contributed by atoms with Crippen molar-refractivity contribution in [3.8, 4) is 11.3 Å². The van der Waals surface area contributed by atoms with Crippen LogP contribution in [0.25, 0.3) is 11.3 Å². The first-order valence-corrected chi connectivity index (χ1v) is 10.4. The van der Waals surface area contributed by atoms with Crippen LogP contribution in [0.2, 0.25) is 0 Å². The van der Waals surface area contributed by atoms with E-state index in [1.165, 1.54) is 11.1 Å². The second-order valence-electron chi connectivity index (χ2n) is 8.30. The Hall–Kier alpha value is -2.88. The molecule has 150 valence electrons. The fourth-order valence-electron chi connectivity index (χ4n) is 4.32. The number of amides is 1. The van der Waals surface area contributed by atoms with Gasteiger partial charge in [0.05, 0.1) is 5.69 Å². The van der Waals surface area contributed by atoms with Crippen LogP contribution in [-0.4, -0.2) is 33.9 Å². The third-order valence-corrected chi connectivity index (χ3v) is 6.08. The number of aromatic nitrogens is 2. The summed E-state index contributed by atoms with van der Waals surface area (Å²) < 4.78 is 0. The van der Waals surface area contributed by atoms with Crippen molar-refractivity contribution in [1.29, 1.82) is 0 Å². The Kier molecular flexibility index (Phi) is 5.27. The van der Waals surface area contributed by atoms with E-state index in [1.807, 2.05) is 37.8 Å². The molecule has 0 saturated carbocycles. The normalized spacial score (nSPS) is 15.0. The SMILES string of the molecule is Cc1ccc(C2CCN(C(=O)c3cc(-c4nc(C)[nH]c4C)ccc3C)CC2)cc1. The Morgan fingerprint density at radius 1 is 1.00 bits per heavy atom. The highest BCUT2D eigenvalue weighted by molar-refractivity contribution is 5.97. The zero-order valence-electron chi connectivity index (χ0n) is 17.7. The molecule has 0 unspecified atom stereocenters. The zero-order valence-corrected chi connectivity index (χ0v) is 17.7. The molecule has 2 aromatic carbocycles. The largest absolute Gasteiger partial charge is 0.346 e. The molecule has 4 heteroatoms. The smallest absolute Gasteiger partial charge is 0.254 e. The lowest BCUT2D eigenvalue weighted by Crippen LogP contribution is -2.38. The molecule has 1 aliphatic heterocycles. The molecule has 4 nitrogen and oxygen atoms in total. The number of nitrogens with zero attached hydrogens (tertiary/aromatic N) is 2. The summed E-state index contributed by atoms with van der Waals surface area (Å²) in [4.78, 5) is 23.1. The van der Waals surface area contributed by atoms with E-state index in [0.717, 1.165) is 59.8 Å². The van der Waals surface area contributed by atoms with Crippen LogP contribution in [0.15, 0.2) is 42.5 Å². The van der Waals surface area contributed by atoms with Crippen molar-refractivity contribution in [2.75, 3.05) is 13.1 Å². The van der Waals surface area contributed by atoms with E-state index >= 15 is 0 Å². The van der Waals surface area contributed by atoms with E-state index in [1.54, 1.807) is 0 Å². The van der Waals surface area contributed by atoms with Crippen LogP contribution in [-0.2, 0) is 0 Å². The van der Waals surface area contributed by atoms with Gasteiger partial charge in [0, 0.05) is 29.9 Å². The number of carbonyl (C=O) groups excluding carboxylic acids is 1. The van der Waals surface area contributed by atoms with E-state index < -0.39 is 0 Å². The van der Waals surface area contributed by atoms with Gasteiger partial charge >= 0.3 is 0 Å². The Balaban J connectivity index is 1.51. The van der Waals surface area contributed by atoms with Crippen LogP contribution in [0.1, 0.15) is 57.3 Å². The molecule has 4 rings (SSSR count). The monoisotopic (exact) mass is 387 g/mol. The van der Waals surface area contributed by atoms with Crippen LogP contribution < -0.4 is 0 Å². The van der Waals surface area contributed by atoms with Crippen LogP contribution in [0.3, 0.4) is 0 Å². The summed E-state index contributed by atoms with van der Waals surface area (Å²) in [6, 6.07) is 14.9. The van der Waals surface area contributed by atoms with E-state index in [4.69, 9.17) is 0 Å². The predicted molar refractivity (Wildman–Crippen MR) is 117 cm³/mol. The molecule has 1 N–H and O–H groups in total. The molecule has 29 heavy (non-hydrogen) atoms. The first-order chi connectivity index (χ1) is 13.9. The third kappa shape index (κ3) is 3.98. The van der Waals surface area contributed by atoms with Crippen molar-refractivity contribution in [3.05, 3.63) is 76.2 Å². The van der Waals surface area contributed by atoms with Crippen molar-refractivity contribution in [3.63, 3.8) is 0 Å². The summed E-state index contributed by atoms with van der Waals surface area (Å²) in [6.45, 7) is 9.72. The number of piperidine rings is 1. The van der Waals surface area contributed by atoms with Gasteiger partial charge in [-0.25, -0.2) is 4.98 Å². The van der Waals surface area contributed by atoms with Gasteiger partial charge < -0.3 is 9.88 Å². The lowest BCUT2D eigenvalue weighted by atomic mass is 9.88. The number of hydrogen-bond acceptors (Lipinski definition) is 2. The summed E-state index contributed by atoms with van der Waals surface area (Å²) in [5, 5.41) is 0. The summed E-state index contributed by atoms with van der Waals surface area (Å²) >= 11 is 0. The number of hydrogen-bond donors (Lipinski definition) is 1. The van der Waals surface area contributed by atoms with E-state index in [-0.39, 0.29) is 5.91 Å². The van der Waals surface area contributed by atoms with Crippen LogP contribution in [0, 0.1) is 27.7 Å². The first kappa shape index (κ1) is 19.4. The number of benzene rings is 2. The number of imidazole rings is 1. The summed E-state index contributed by atoms with van der Waals surface area (Å²) in [7, 11) is 0. The molecule has 3 aromatic rings. The average Bonchev–Trinajstić information content (AvgIpc) is 3.06. The Labute approximate surface area is 173 Å². The fraction of sp³-hybridized carbons (Fsp3) is 0.360. The Bertz CT molecular complexity index is 1020. The summed E-state index contributed by atoms with van der Waals surface area (Å²) in [6.07, 6.45) is 2.04. The minimum Gasteiger partial charge on any atom is -0.346 e. The first-order valence-electron chi connectivity index (χ1n) is 10.4. The number of rotatable bonds is 3. The fourth-order valence-corrected chi connectivity index (χ4v) is 4.32. The Morgan fingerprint density at radius 3 is 2.31 bits per heavy atom. The quantitative estimate of drug-likeness (QED) is 0.660. The van der Waals surface area contributed by atoms with Crippen molar-refractivity contribution in [2.45, 2.75) is 46.5 Å². The van der Waals surface area contributed by atoms with Gasteiger partial charge in [-0.2, -0.15) is 0 Å². The van der Waals surface area contributed by atoms with Crippen molar-refractivity contribution >= 4 is 5.91 Å². The second-order valence-corrected chi connectivity index (χ2v) is 8.30. The van der Waals surface area contributed by atoms with Gasteiger partial charge in [0.15, 0.2) is 0 Å². The highest BCUT2D eigenvalue weighted by atomic mass is 16.2. The second kappa shape index (κ2) is 7.86. The maximum atomic E-state index is 13.3. The minimum absolute atomic E-state index is 0.136. The van der Waals surface area contributed by atoms with Gasteiger partial charge in [-0.15, -0.1) is 0 Å². The van der Waals surface area contributed by atoms with Crippen molar-refractivity contribution < 1.29 is 4.79 Å². The molecule has 0 bridgehead atoms. The average molecular weight is 388 g/mol. The molecular weight excluding hydrogens is 358 g/mol. The van der Waals surface area contributed by atoms with E-state index in [2.05, 4.69) is 47.2 Å². The van der Waals surface area contributed by atoms with Gasteiger partial charge in [-0.1, -0.05) is 42.0 Å². The molecule has 1 aromatic heterocycles. The van der Waals surface area contributed by atoms with Crippen molar-refractivity contribution in [1.82, 2.24) is 14.9 Å². The minimum atomic E-state index is 0.136. The summed E-state index contributed by atoms with van der Waals surface area (Å²) in [5.74, 6) is 1.57. The maximum absolute atomic E-state index is 13.3. The molecule has 1 saturated heterocycles. The highest BCUT2D eigenvalue weighted by Crippen LogP contribution is 2.30. The lowest BCUT2D eigenvalue weighted by Gasteiger charge is -2.32. The molecular formula is C25H29N3O. The van der Waals surface area contributed by atoms with Crippen LogP contribution in [0.5, 0.6) is 0 Å². The number of H-pyrrole nitrogens is 1. The molecule has 0 spiro atoms. The molecule has 0 radical (unpaired) electrons. The Morgan fingerprint density at radius 2 is 1.69 bits per heavy atom. The number of aryl methyl sites for hydroxylation is 4. The molecule has 0 atom stereocenters. The van der Waals surface area contributed by atoms with Gasteiger partial charge in [0.25, 0.3) is 5.91 Å². The number of aromatic amines is 1. The summed E-state index contributed by atoms with van der Waals surface area (Å²) in [5.41, 5.74) is 7.44. The highest BCUT2D eigenvalue weighted by Gasteiger charge is 2.25.